The summed E-state index contributed by atoms with van der Waals surface area (Å²) in [5.41, 5.74) is 2.76. The van der Waals surface area contributed by atoms with Gasteiger partial charge in [-0.2, -0.15) is 0 Å². The van der Waals surface area contributed by atoms with E-state index in [1.165, 1.54) is 0 Å². The Morgan fingerprint density at radius 3 is 2.44 bits per heavy atom. The molecule has 9 nitrogen and oxygen atoms in total. The second-order valence-corrected chi connectivity index (χ2v) is 7.42. The molecule has 3 heterocycles. The van der Waals surface area contributed by atoms with E-state index in [0.29, 0.717) is 35.0 Å². The van der Waals surface area contributed by atoms with Crippen molar-refractivity contribution in [2.75, 3.05) is 60.7 Å². The molecular weight excluding hydrogens is 412 g/mol. The quantitative estimate of drug-likeness (QED) is 0.574. The molecule has 0 aliphatic carbocycles. The largest absolute Gasteiger partial charge is 0.493 e. The summed E-state index contributed by atoms with van der Waals surface area (Å²) in [5, 5.41) is 3.03. The lowest BCUT2D eigenvalue weighted by molar-refractivity contribution is 0.0383. The third kappa shape index (κ3) is 4.49. The molecule has 9 heteroatoms. The van der Waals surface area contributed by atoms with Crippen LogP contribution in [-0.2, 0) is 4.74 Å². The smallest absolute Gasteiger partial charge is 0.255 e. The van der Waals surface area contributed by atoms with Crippen molar-refractivity contribution in [3.8, 4) is 28.4 Å². The summed E-state index contributed by atoms with van der Waals surface area (Å²) in [4.78, 5) is 19.7. The first kappa shape index (κ1) is 21.9. The van der Waals surface area contributed by atoms with E-state index in [-0.39, 0.29) is 5.91 Å². The van der Waals surface area contributed by atoms with Crippen LogP contribution in [0, 0.1) is 0 Å². The number of fused-ring (bicyclic) bond motifs is 1. The van der Waals surface area contributed by atoms with Crippen molar-refractivity contribution in [2.45, 2.75) is 0 Å². The molecule has 0 atom stereocenters. The molecule has 0 saturated carbocycles. The maximum Gasteiger partial charge on any atom is 0.255 e. The summed E-state index contributed by atoms with van der Waals surface area (Å²) in [7, 11) is 4.72. The van der Waals surface area contributed by atoms with Crippen LogP contribution in [0.5, 0.6) is 17.2 Å². The predicted molar refractivity (Wildman–Crippen MR) is 120 cm³/mol. The number of imidazole rings is 1. The number of aromatic nitrogens is 2. The van der Waals surface area contributed by atoms with Crippen molar-refractivity contribution >= 4 is 11.6 Å². The fourth-order valence-corrected chi connectivity index (χ4v) is 3.85. The molecule has 4 rings (SSSR count). The predicted octanol–water partition coefficient (Wildman–Crippen LogP) is 2.09. The molecule has 0 radical (unpaired) electrons. The summed E-state index contributed by atoms with van der Waals surface area (Å²) >= 11 is 0. The Bertz CT molecular complexity index is 1070. The van der Waals surface area contributed by atoms with Crippen LogP contribution in [-0.4, -0.2) is 80.9 Å². The van der Waals surface area contributed by atoms with Gasteiger partial charge in [0.2, 0.25) is 5.75 Å². The molecule has 1 aliphatic heterocycles. The number of rotatable bonds is 8. The lowest BCUT2D eigenvalue weighted by Gasteiger charge is -2.26. The Balaban J connectivity index is 1.62. The highest BCUT2D eigenvalue weighted by Gasteiger charge is 2.18. The summed E-state index contributed by atoms with van der Waals surface area (Å²) < 4.78 is 23.6. The third-order valence-corrected chi connectivity index (χ3v) is 5.55. The number of pyridine rings is 1. The van der Waals surface area contributed by atoms with Crippen molar-refractivity contribution in [1.29, 1.82) is 0 Å². The lowest BCUT2D eigenvalue weighted by Crippen LogP contribution is -2.41. The zero-order valence-corrected chi connectivity index (χ0v) is 18.6. The van der Waals surface area contributed by atoms with Gasteiger partial charge in [-0.15, -0.1) is 0 Å². The molecule has 0 spiro atoms. The molecule has 1 fully saturated rings. The van der Waals surface area contributed by atoms with Gasteiger partial charge in [0.05, 0.1) is 40.1 Å². The van der Waals surface area contributed by atoms with Gasteiger partial charge in [-0.25, -0.2) is 4.98 Å². The van der Waals surface area contributed by atoms with E-state index < -0.39 is 0 Å². The number of methoxy groups -OCH3 is 3. The number of nitrogens with one attached hydrogen (secondary N) is 1. The fourth-order valence-electron chi connectivity index (χ4n) is 3.85. The minimum absolute atomic E-state index is 0.163. The molecular formula is C23H28N4O5. The van der Waals surface area contributed by atoms with Gasteiger partial charge in [0.15, 0.2) is 11.5 Å². The second kappa shape index (κ2) is 9.88. The number of nitrogens with zero attached hydrogens (tertiary/aromatic N) is 3. The highest BCUT2D eigenvalue weighted by molar-refractivity contribution is 6.01. The number of amides is 1. The van der Waals surface area contributed by atoms with E-state index >= 15 is 0 Å². The SMILES string of the molecule is COc1cc(-c2cc(C(=O)NCCN3CCOCC3)c3nccn3c2)cc(OC)c1OC. The first-order chi connectivity index (χ1) is 15.6. The van der Waals surface area contributed by atoms with Gasteiger partial charge in [0.25, 0.3) is 5.91 Å². The maximum atomic E-state index is 13.1. The highest BCUT2D eigenvalue weighted by Crippen LogP contribution is 2.41. The van der Waals surface area contributed by atoms with Crippen molar-refractivity contribution < 1.29 is 23.7 Å². The maximum absolute atomic E-state index is 13.1. The van der Waals surface area contributed by atoms with Gasteiger partial charge >= 0.3 is 0 Å². The molecule has 1 saturated heterocycles. The number of carbonyl (C=O) groups excluding carboxylic acids is 1. The first-order valence-electron chi connectivity index (χ1n) is 10.5. The fraction of sp³-hybridized carbons (Fsp3) is 0.391. The standard InChI is InChI=1S/C23H28N4O5/c1-29-19-13-16(14-20(30-2)21(19)31-3)17-12-18(22-24-5-7-27(22)15-17)23(28)25-4-6-26-8-10-32-11-9-26/h5,7,12-15H,4,6,8-11H2,1-3H3,(H,25,28). The Hall–Kier alpha value is -3.30. The second-order valence-electron chi connectivity index (χ2n) is 7.42. The van der Waals surface area contributed by atoms with Crippen LogP contribution >= 0.6 is 0 Å². The molecule has 3 aromatic rings. The van der Waals surface area contributed by atoms with Crippen LogP contribution in [0.2, 0.25) is 0 Å². The average Bonchev–Trinajstić information content (AvgIpc) is 3.31. The van der Waals surface area contributed by atoms with Crippen LogP contribution in [0.15, 0.2) is 36.8 Å². The summed E-state index contributed by atoms with van der Waals surface area (Å²) in [6, 6.07) is 5.56. The van der Waals surface area contributed by atoms with Crippen molar-refractivity contribution in [3.05, 3.63) is 42.4 Å². The molecule has 0 unspecified atom stereocenters. The van der Waals surface area contributed by atoms with E-state index in [2.05, 4.69) is 15.2 Å². The van der Waals surface area contributed by atoms with Gasteiger partial charge in [0, 0.05) is 44.8 Å². The number of carbonyl (C=O) groups is 1. The summed E-state index contributed by atoms with van der Waals surface area (Å²) in [6.45, 7) is 4.58. The molecule has 1 aromatic carbocycles. The summed E-state index contributed by atoms with van der Waals surface area (Å²) in [5.74, 6) is 1.44. The van der Waals surface area contributed by atoms with Crippen molar-refractivity contribution in [1.82, 2.24) is 19.6 Å². The van der Waals surface area contributed by atoms with E-state index in [1.54, 1.807) is 27.5 Å². The molecule has 1 amide bonds. The van der Waals surface area contributed by atoms with E-state index in [9.17, 15) is 4.79 Å². The van der Waals surface area contributed by atoms with Crippen LogP contribution in [0.25, 0.3) is 16.8 Å². The Labute approximate surface area is 186 Å². The Morgan fingerprint density at radius 2 is 1.78 bits per heavy atom. The van der Waals surface area contributed by atoms with Gasteiger partial charge in [0.1, 0.15) is 5.65 Å². The van der Waals surface area contributed by atoms with E-state index in [1.807, 2.05) is 35.0 Å². The van der Waals surface area contributed by atoms with E-state index in [0.717, 1.165) is 44.0 Å². The average molecular weight is 441 g/mol. The molecule has 2 aromatic heterocycles. The van der Waals surface area contributed by atoms with Crippen LogP contribution in [0.3, 0.4) is 0 Å². The number of hydrogen-bond donors (Lipinski definition) is 1. The summed E-state index contributed by atoms with van der Waals surface area (Å²) in [6.07, 6.45) is 5.42. The first-order valence-corrected chi connectivity index (χ1v) is 10.5. The van der Waals surface area contributed by atoms with Crippen LogP contribution < -0.4 is 19.5 Å². The molecule has 0 bridgehead atoms. The monoisotopic (exact) mass is 440 g/mol. The van der Waals surface area contributed by atoms with Crippen LogP contribution in [0.4, 0.5) is 0 Å². The topological polar surface area (TPSA) is 86.6 Å². The Kier molecular flexibility index (Phi) is 6.77. The lowest BCUT2D eigenvalue weighted by atomic mass is 10.0. The normalized spacial score (nSPS) is 14.3. The number of ether oxygens (including phenoxy) is 4. The number of benzene rings is 1. The number of morpholine rings is 1. The van der Waals surface area contributed by atoms with Crippen molar-refractivity contribution in [3.63, 3.8) is 0 Å². The van der Waals surface area contributed by atoms with E-state index in [4.69, 9.17) is 18.9 Å². The number of hydrogen-bond acceptors (Lipinski definition) is 7. The minimum Gasteiger partial charge on any atom is -0.493 e. The third-order valence-electron chi connectivity index (χ3n) is 5.55. The van der Waals surface area contributed by atoms with Crippen molar-refractivity contribution in [2.24, 2.45) is 0 Å². The minimum atomic E-state index is -0.163. The van der Waals surface area contributed by atoms with Gasteiger partial charge in [-0.05, 0) is 29.3 Å². The zero-order valence-electron chi connectivity index (χ0n) is 18.6. The molecule has 32 heavy (non-hydrogen) atoms. The zero-order chi connectivity index (χ0) is 22.5. The van der Waals surface area contributed by atoms with Crippen LogP contribution in [0.1, 0.15) is 10.4 Å². The van der Waals surface area contributed by atoms with Gasteiger partial charge in [-0.1, -0.05) is 0 Å². The molecule has 1 aliphatic rings. The molecule has 1 N–H and O–H groups in total. The van der Waals surface area contributed by atoms with Gasteiger partial charge in [-0.3, -0.25) is 9.69 Å². The highest BCUT2D eigenvalue weighted by atomic mass is 16.5. The Morgan fingerprint density at radius 1 is 1.06 bits per heavy atom. The van der Waals surface area contributed by atoms with Gasteiger partial charge < -0.3 is 28.7 Å². The molecule has 170 valence electrons.